The first-order valence-electron chi connectivity index (χ1n) is 4.12. The van der Waals surface area contributed by atoms with E-state index in [1.807, 2.05) is 0 Å². The summed E-state index contributed by atoms with van der Waals surface area (Å²) in [5, 5.41) is 19.0. The average molecular weight is 246 g/mol. The summed E-state index contributed by atoms with van der Waals surface area (Å²) in [5.41, 5.74) is 5.32. The Morgan fingerprint density at radius 1 is 1.62 bits per heavy atom. The van der Waals surface area contributed by atoms with E-state index in [2.05, 4.69) is 0 Å². The first-order chi connectivity index (χ1) is 7.06. The van der Waals surface area contributed by atoms with Crippen LogP contribution < -0.4 is 5.73 Å². The zero-order valence-corrected chi connectivity index (χ0v) is 8.91. The largest absolute Gasteiger partial charge is 0.323 e. The Morgan fingerprint density at radius 3 is 2.75 bits per heavy atom. The summed E-state index contributed by atoms with van der Waals surface area (Å²) >= 11 is 0. The lowest BCUT2D eigenvalue weighted by Gasteiger charge is -2.07. The van der Waals surface area contributed by atoms with Gasteiger partial charge >= 0.3 is 0 Å². The van der Waals surface area contributed by atoms with Gasteiger partial charge in [-0.05, 0) is 12.1 Å². The molecule has 0 spiro atoms. The van der Waals surface area contributed by atoms with Gasteiger partial charge in [0.1, 0.15) is 5.82 Å². The quantitative estimate of drug-likeness (QED) is 0.652. The van der Waals surface area contributed by atoms with Crippen LogP contribution in [0.5, 0.6) is 0 Å². The highest BCUT2D eigenvalue weighted by Gasteiger charge is 2.19. The SMILES string of the molecule is Cl.N#CC[C@H](N)c1ccc(F)cc1[N+](=O)[O-]. The molecule has 5 nitrogen and oxygen atoms in total. The third-order valence-corrected chi connectivity index (χ3v) is 1.90. The standard InChI is InChI=1S/C9H8FN3O2.ClH/c10-6-1-2-7(8(12)3-4-11)9(5-6)13(14)15;/h1-2,5,8H,3,12H2;1H/t8-;/m0./s1. The fourth-order valence-corrected chi connectivity index (χ4v) is 1.20. The maximum absolute atomic E-state index is 12.7. The maximum atomic E-state index is 12.7. The van der Waals surface area contributed by atoms with E-state index in [0.717, 1.165) is 12.1 Å². The van der Waals surface area contributed by atoms with Crippen LogP contribution in [0.25, 0.3) is 0 Å². The van der Waals surface area contributed by atoms with Crippen LogP contribution in [-0.2, 0) is 0 Å². The predicted molar refractivity (Wildman–Crippen MR) is 57.5 cm³/mol. The molecule has 0 aliphatic heterocycles. The van der Waals surface area contributed by atoms with Crippen molar-refractivity contribution in [2.45, 2.75) is 12.5 Å². The third-order valence-electron chi connectivity index (χ3n) is 1.90. The summed E-state index contributed by atoms with van der Waals surface area (Å²) in [6.07, 6.45) is -0.0491. The molecule has 0 aliphatic rings. The van der Waals surface area contributed by atoms with E-state index in [9.17, 15) is 14.5 Å². The van der Waals surface area contributed by atoms with E-state index in [4.69, 9.17) is 11.0 Å². The van der Waals surface area contributed by atoms with Crippen LogP contribution in [0.2, 0.25) is 0 Å². The second-order valence-electron chi connectivity index (χ2n) is 2.93. The topological polar surface area (TPSA) is 93.0 Å². The summed E-state index contributed by atoms with van der Waals surface area (Å²) < 4.78 is 12.7. The Labute approximate surface area is 97.2 Å². The molecule has 0 saturated carbocycles. The molecule has 1 aromatic rings. The Kier molecular flexibility index (Phi) is 5.36. The number of nitro benzene ring substituents is 1. The van der Waals surface area contributed by atoms with E-state index in [1.165, 1.54) is 6.07 Å². The molecular weight excluding hydrogens is 237 g/mol. The molecule has 0 unspecified atom stereocenters. The van der Waals surface area contributed by atoms with Crippen LogP contribution in [0.15, 0.2) is 18.2 Å². The van der Waals surface area contributed by atoms with Crippen LogP contribution >= 0.6 is 12.4 Å². The molecule has 7 heteroatoms. The Bertz CT molecular complexity index is 433. The third kappa shape index (κ3) is 3.15. The minimum Gasteiger partial charge on any atom is -0.323 e. The maximum Gasteiger partial charge on any atom is 0.277 e. The molecule has 2 N–H and O–H groups in total. The number of nitriles is 1. The molecule has 0 aromatic heterocycles. The van der Waals surface area contributed by atoms with Crippen molar-refractivity contribution in [1.82, 2.24) is 0 Å². The second-order valence-corrected chi connectivity index (χ2v) is 2.93. The lowest BCUT2D eigenvalue weighted by molar-refractivity contribution is -0.385. The van der Waals surface area contributed by atoms with Gasteiger partial charge < -0.3 is 5.73 Å². The van der Waals surface area contributed by atoms with Crippen molar-refractivity contribution in [3.05, 3.63) is 39.7 Å². The number of benzene rings is 1. The molecule has 0 saturated heterocycles. The van der Waals surface area contributed by atoms with Gasteiger partial charge in [-0.1, -0.05) is 0 Å². The summed E-state index contributed by atoms with van der Waals surface area (Å²) in [7, 11) is 0. The number of hydrogen-bond donors (Lipinski definition) is 1. The van der Waals surface area contributed by atoms with Crippen molar-refractivity contribution >= 4 is 18.1 Å². The Hall–Kier alpha value is -1.71. The summed E-state index contributed by atoms with van der Waals surface area (Å²) in [6, 6.07) is 4.15. The van der Waals surface area contributed by atoms with E-state index in [0.29, 0.717) is 0 Å². The van der Waals surface area contributed by atoms with Crippen LogP contribution in [0.4, 0.5) is 10.1 Å². The first kappa shape index (κ1) is 14.3. The highest BCUT2D eigenvalue weighted by molar-refractivity contribution is 5.85. The molecule has 16 heavy (non-hydrogen) atoms. The molecule has 0 bridgehead atoms. The van der Waals surface area contributed by atoms with Gasteiger partial charge in [-0.3, -0.25) is 10.1 Å². The van der Waals surface area contributed by atoms with Crippen molar-refractivity contribution in [2.24, 2.45) is 5.73 Å². The van der Waals surface area contributed by atoms with Crippen LogP contribution in [-0.4, -0.2) is 4.92 Å². The van der Waals surface area contributed by atoms with Crippen LogP contribution in [0.1, 0.15) is 18.0 Å². The molecule has 86 valence electrons. The van der Waals surface area contributed by atoms with E-state index < -0.39 is 22.5 Å². The Balaban J connectivity index is 0.00000225. The molecule has 1 atom stereocenters. The first-order valence-corrected chi connectivity index (χ1v) is 4.12. The monoisotopic (exact) mass is 245 g/mol. The number of halogens is 2. The lowest BCUT2D eigenvalue weighted by Crippen LogP contribution is -2.11. The number of nitrogens with zero attached hydrogens (tertiary/aromatic N) is 2. The molecule has 0 radical (unpaired) electrons. The fourth-order valence-electron chi connectivity index (χ4n) is 1.20. The van der Waals surface area contributed by atoms with Crippen molar-refractivity contribution in [2.75, 3.05) is 0 Å². The van der Waals surface area contributed by atoms with Gasteiger partial charge in [-0.2, -0.15) is 5.26 Å². The number of nitrogens with two attached hydrogens (primary N) is 1. The van der Waals surface area contributed by atoms with Crippen molar-refractivity contribution < 1.29 is 9.31 Å². The molecule has 1 aromatic carbocycles. The Morgan fingerprint density at radius 2 is 2.25 bits per heavy atom. The molecule has 0 fully saturated rings. The van der Waals surface area contributed by atoms with Gasteiger partial charge in [0.15, 0.2) is 0 Å². The van der Waals surface area contributed by atoms with Gasteiger partial charge in [0.05, 0.1) is 23.5 Å². The molecule has 0 amide bonds. The molecule has 0 aliphatic carbocycles. The van der Waals surface area contributed by atoms with Gasteiger partial charge in [-0.25, -0.2) is 4.39 Å². The van der Waals surface area contributed by atoms with E-state index >= 15 is 0 Å². The minimum absolute atomic E-state index is 0. The lowest BCUT2D eigenvalue weighted by atomic mass is 10.0. The summed E-state index contributed by atoms with van der Waals surface area (Å²) in [6.45, 7) is 0. The highest BCUT2D eigenvalue weighted by Crippen LogP contribution is 2.26. The predicted octanol–water partition coefficient (Wildman–Crippen LogP) is 2.07. The number of hydrogen-bond acceptors (Lipinski definition) is 4. The van der Waals surface area contributed by atoms with Crippen LogP contribution in [0.3, 0.4) is 0 Å². The van der Waals surface area contributed by atoms with E-state index in [-0.39, 0.29) is 24.4 Å². The second kappa shape index (κ2) is 6.00. The van der Waals surface area contributed by atoms with Crippen molar-refractivity contribution in [3.8, 4) is 6.07 Å². The van der Waals surface area contributed by atoms with Gasteiger partial charge in [0, 0.05) is 11.6 Å². The minimum atomic E-state index is -0.768. The van der Waals surface area contributed by atoms with Gasteiger partial charge in [0.2, 0.25) is 0 Å². The number of rotatable bonds is 3. The van der Waals surface area contributed by atoms with Crippen molar-refractivity contribution in [3.63, 3.8) is 0 Å². The summed E-state index contributed by atoms with van der Waals surface area (Å²) in [5.74, 6) is -0.699. The van der Waals surface area contributed by atoms with Gasteiger partial charge in [-0.15, -0.1) is 12.4 Å². The molecule has 0 heterocycles. The van der Waals surface area contributed by atoms with Gasteiger partial charge in [0.25, 0.3) is 5.69 Å². The van der Waals surface area contributed by atoms with Crippen molar-refractivity contribution in [1.29, 1.82) is 5.26 Å². The number of nitro groups is 1. The summed E-state index contributed by atoms with van der Waals surface area (Å²) in [4.78, 5) is 9.87. The van der Waals surface area contributed by atoms with E-state index in [1.54, 1.807) is 6.07 Å². The van der Waals surface area contributed by atoms with Crippen LogP contribution in [0, 0.1) is 27.3 Å². The zero-order valence-electron chi connectivity index (χ0n) is 8.09. The molecule has 1 rings (SSSR count). The zero-order chi connectivity index (χ0) is 11.4. The molecular formula is C9H9ClFN3O2. The fraction of sp³-hybridized carbons (Fsp3) is 0.222. The smallest absolute Gasteiger partial charge is 0.277 e. The average Bonchev–Trinajstić information content (AvgIpc) is 2.17. The normalized spacial score (nSPS) is 11.1. The highest BCUT2D eigenvalue weighted by atomic mass is 35.5.